The highest BCUT2D eigenvalue weighted by Gasteiger charge is 2.27. The molecule has 1 aliphatic heterocycles. The highest BCUT2D eigenvalue weighted by Crippen LogP contribution is 2.22. The Bertz CT molecular complexity index is 355. The fraction of sp³-hybridized carbons (Fsp3) is 0.818. The quantitative estimate of drug-likeness (QED) is 0.793. The van der Waals surface area contributed by atoms with Crippen LogP contribution in [0.1, 0.15) is 26.2 Å². The molecule has 1 aromatic rings. The summed E-state index contributed by atoms with van der Waals surface area (Å²) in [4.78, 5) is 2.04. The Morgan fingerprint density at radius 1 is 1.53 bits per heavy atom. The van der Waals surface area contributed by atoms with Crippen molar-refractivity contribution in [3.05, 3.63) is 5.89 Å². The second-order valence-corrected chi connectivity index (χ2v) is 4.54. The van der Waals surface area contributed by atoms with Crippen molar-refractivity contribution in [3.63, 3.8) is 0 Å². The molecule has 2 N–H and O–H groups in total. The van der Waals surface area contributed by atoms with Crippen molar-refractivity contribution in [2.75, 3.05) is 24.5 Å². The van der Waals surface area contributed by atoms with Gasteiger partial charge < -0.3 is 19.7 Å². The lowest BCUT2D eigenvalue weighted by molar-refractivity contribution is 0.0955. The second kappa shape index (κ2) is 5.46. The van der Waals surface area contributed by atoms with Gasteiger partial charge in [0.1, 0.15) is 0 Å². The van der Waals surface area contributed by atoms with Crippen LogP contribution >= 0.6 is 0 Å². The minimum absolute atomic E-state index is 0.213. The monoisotopic (exact) mass is 240 g/mol. The van der Waals surface area contributed by atoms with Crippen LogP contribution in [0.2, 0.25) is 0 Å². The molecule has 1 aliphatic rings. The predicted octanol–water partition coefficient (Wildman–Crippen LogP) is 0.386. The van der Waals surface area contributed by atoms with Crippen LogP contribution in [0.5, 0.6) is 0 Å². The summed E-state index contributed by atoms with van der Waals surface area (Å²) >= 11 is 0. The first kappa shape index (κ1) is 12.3. The Balaban J connectivity index is 1.95. The van der Waals surface area contributed by atoms with Gasteiger partial charge in [0.05, 0.1) is 12.6 Å². The lowest BCUT2D eigenvalue weighted by Crippen LogP contribution is -2.42. The predicted molar refractivity (Wildman–Crippen MR) is 63.7 cm³/mol. The van der Waals surface area contributed by atoms with Crippen LogP contribution in [0.4, 0.5) is 6.01 Å². The zero-order valence-electron chi connectivity index (χ0n) is 10.4. The minimum Gasteiger partial charge on any atom is -0.407 e. The second-order valence-electron chi connectivity index (χ2n) is 4.54. The van der Waals surface area contributed by atoms with E-state index in [0.717, 1.165) is 26.1 Å². The van der Waals surface area contributed by atoms with Crippen LogP contribution < -0.4 is 10.2 Å². The molecular weight excluding hydrogens is 220 g/mol. The summed E-state index contributed by atoms with van der Waals surface area (Å²) in [5.74, 6) is 0.855. The first-order valence-electron chi connectivity index (χ1n) is 6.16. The maximum atomic E-state index is 9.66. The topological polar surface area (TPSA) is 74.4 Å². The maximum Gasteiger partial charge on any atom is 0.318 e. The standard InChI is InChI=1S/C11H20N4O2/c1-3-12-6-10-13-14-11(17-10)15-5-4-9(16)8(2)7-15/h8-9,12,16H,3-7H2,1-2H3. The van der Waals surface area contributed by atoms with Gasteiger partial charge >= 0.3 is 6.01 Å². The molecule has 1 saturated heterocycles. The Labute approximate surface area is 101 Å². The molecule has 0 radical (unpaired) electrons. The van der Waals surface area contributed by atoms with Gasteiger partial charge in [-0.1, -0.05) is 18.9 Å². The molecule has 0 amide bonds. The van der Waals surface area contributed by atoms with Gasteiger partial charge in [0, 0.05) is 13.1 Å². The van der Waals surface area contributed by atoms with Crippen molar-refractivity contribution in [2.24, 2.45) is 5.92 Å². The number of rotatable bonds is 4. The van der Waals surface area contributed by atoms with Crippen LogP contribution in [0.3, 0.4) is 0 Å². The molecule has 96 valence electrons. The number of anilines is 1. The van der Waals surface area contributed by atoms with Crippen molar-refractivity contribution in [2.45, 2.75) is 32.9 Å². The molecule has 0 spiro atoms. The van der Waals surface area contributed by atoms with E-state index in [4.69, 9.17) is 4.42 Å². The highest BCUT2D eigenvalue weighted by atomic mass is 16.4. The smallest absolute Gasteiger partial charge is 0.318 e. The fourth-order valence-electron chi connectivity index (χ4n) is 1.98. The number of aliphatic hydroxyl groups excluding tert-OH is 1. The third kappa shape index (κ3) is 2.95. The molecular formula is C11H20N4O2. The molecule has 2 unspecified atom stereocenters. The Kier molecular flexibility index (Phi) is 3.96. The zero-order valence-corrected chi connectivity index (χ0v) is 10.4. The molecule has 0 bridgehead atoms. The lowest BCUT2D eigenvalue weighted by Gasteiger charge is -2.32. The van der Waals surface area contributed by atoms with Crippen molar-refractivity contribution in [3.8, 4) is 0 Å². The van der Waals surface area contributed by atoms with Crippen LogP contribution in [0.15, 0.2) is 4.42 Å². The lowest BCUT2D eigenvalue weighted by atomic mass is 9.97. The summed E-state index contributed by atoms with van der Waals surface area (Å²) < 4.78 is 5.57. The Hall–Kier alpha value is -1.14. The summed E-state index contributed by atoms with van der Waals surface area (Å²) in [7, 11) is 0. The first-order chi connectivity index (χ1) is 8.20. The van der Waals surface area contributed by atoms with E-state index >= 15 is 0 Å². The van der Waals surface area contributed by atoms with Gasteiger partial charge in [-0.15, -0.1) is 5.10 Å². The molecule has 6 heteroatoms. The third-order valence-electron chi connectivity index (χ3n) is 3.11. The van der Waals surface area contributed by atoms with E-state index in [-0.39, 0.29) is 12.0 Å². The van der Waals surface area contributed by atoms with Crippen LogP contribution in [0, 0.1) is 5.92 Å². The van der Waals surface area contributed by atoms with E-state index in [2.05, 4.69) is 15.5 Å². The fourth-order valence-corrected chi connectivity index (χ4v) is 1.98. The number of piperidine rings is 1. The van der Waals surface area contributed by atoms with E-state index in [1.54, 1.807) is 0 Å². The molecule has 0 aromatic carbocycles. The summed E-state index contributed by atoms with van der Waals surface area (Å²) in [6.07, 6.45) is 0.543. The normalized spacial score (nSPS) is 25.2. The van der Waals surface area contributed by atoms with Gasteiger partial charge in [0.25, 0.3) is 0 Å². The third-order valence-corrected chi connectivity index (χ3v) is 3.11. The van der Waals surface area contributed by atoms with Gasteiger partial charge in [-0.25, -0.2) is 0 Å². The SMILES string of the molecule is CCNCc1nnc(N2CCC(O)C(C)C2)o1. The summed E-state index contributed by atoms with van der Waals surface area (Å²) in [6, 6.07) is 0.566. The van der Waals surface area contributed by atoms with Crippen molar-refractivity contribution in [1.82, 2.24) is 15.5 Å². The summed E-state index contributed by atoms with van der Waals surface area (Å²) in [5, 5.41) is 20.8. The van der Waals surface area contributed by atoms with Crippen LogP contribution in [0.25, 0.3) is 0 Å². The van der Waals surface area contributed by atoms with E-state index < -0.39 is 0 Å². The summed E-state index contributed by atoms with van der Waals surface area (Å²) in [5.41, 5.74) is 0. The number of aliphatic hydroxyl groups is 1. The molecule has 17 heavy (non-hydrogen) atoms. The molecule has 1 aromatic heterocycles. The van der Waals surface area contributed by atoms with Gasteiger partial charge in [-0.05, 0) is 18.9 Å². The number of hydrogen-bond donors (Lipinski definition) is 2. The van der Waals surface area contributed by atoms with Gasteiger partial charge in [-0.2, -0.15) is 0 Å². The van der Waals surface area contributed by atoms with Gasteiger partial charge in [-0.3, -0.25) is 0 Å². The Morgan fingerprint density at radius 3 is 3.06 bits per heavy atom. The molecule has 2 atom stereocenters. The molecule has 0 aliphatic carbocycles. The highest BCUT2D eigenvalue weighted by molar-refractivity contribution is 5.25. The molecule has 6 nitrogen and oxygen atoms in total. The molecule has 2 rings (SSSR count). The van der Waals surface area contributed by atoms with Crippen LogP contribution in [-0.4, -0.2) is 41.0 Å². The van der Waals surface area contributed by atoms with E-state index in [0.29, 0.717) is 18.5 Å². The van der Waals surface area contributed by atoms with Crippen molar-refractivity contribution < 1.29 is 9.52 Å². The van der Waals surface area contributed by atoms with E-state index in [9.17, 15) is 5.11 Å². The largest absolute Gasteiger partial charge is 0.407 e. The van der Waals surface area contributed by atoms with Crippen molar-refractivity contribution >= 4 is 6.01 Å². The number of hydrogen-bond acceptors (Lipinski definition) is 6. The Morgan fingerprint density at radius 2 is 2.35 bits per heavy atom. The molecule has 2 heterocycles. The maximum absolute atomic E-state index is 9.66. The number of aromatic nitrogens is 2. The molecule has 1 fully saturated rings. The number of nitrogens with one attached hydrogen (secondary N) is 1. The van der Waals surface area contributed by atoms with Gasteiger partial charge in [0.2, 0.25) is 5.89 Å². The van der Waals surface area contributed by atoms with E-state index in [1.165, 1.54) is 0 Å². The average molecular weight is 240 g/mol. The van der Waals surface area contributed by atoms with Crippen molar-refractivity contribution in [1.29, 1.82) is 0 Å². The average Bonchev–Trinajstić information content (AvgIpc) is 2.79. The first-order valence-corrected chi connectivity index (χ1v) is 6.16. The zero-order chi connectivity index (χ0) is 12.3. The van der Waals surface area contributed by atoms with Gasteiger partial charge in [0.15, 0.2) is 0 Å². The van der Waals surface area contributed by atoms with E-state index in [1.807, 2.05) is 18.7 Å². The summed E-state index contributed by atoms with van der Waals surface area (Å²) in [6.45, 7) is 7.09. The minimum atomic E-state index is -0.213. The van der Waals surface area contributed by atoms with Crippen LogP contribution in [-0.2, 0) is 6.54 Å². The molecule has 0 saturated carbocycles. The number of nitrogens with zero attached hydrogens (tertiary/aromatic N) is 3.